The molecule has 1 amide bonds. The number of hydrogen-bond donors (Lipinski definition) is 2. The molecule has 1 aromatic carbocycles. The first-order chi connectivity index (χ1) is 8.61. The van der Waals surface area contributed by atoms with Crippen molar-refractivity contribution >= 4 is 23.4 Å². The second-order valence-electron chi connectivity index (χ2n) is 4.88. The Balaban J connectivity index is 2.02. The van der Waals surface area contributed by atoms with E-state index in [0.29, 0.717) is 22.5 Å². The Labute approximate surface area is 113 Å². The van der Waals surface area contributed by atoms with E-state index in [4.69, 9.17) is 5.73 Å². The number of carbonyl (C=O) groups excluding carboxylic acids is 1. The van der Waals surface area contributed by atoms with Gasteiger partial charge in [-0.05, 0) is 44.1 Å². The average Bonchev–Trinajstić information content (AvgIpc) is 2.80. The molecule has 3 N–H and O–H groups in total. The zero-order chi connectivity index (χ0) is 13.1. The number of nitrogens with one attached hydrogen (secondary N) is 1. The number of nitrogens with two attached hydrogens (primary N) is 1. The Morgan fingerprint density at radius 1 is 1.44 bits per heavy atom. The smallest absolute Gasteiger partial charge is 0.253 e. The number of nitrogen functional groups attached to an aromatic ring is 1. The number of rotatable bonds is 3. The summed E-state index contributed by atoms with van der Waals surface area (Å²) in [7, 11) is 0. The monoisotopic (exact) mass is 264 g/mol. The third kappa shape index (κ3) is 2.80. The van der Waals surface area contributed by atoms with Crippen LogP contribution in [0.1, 0.15) is 35.2 Å². The maximum Gasteiger partial charge on any atom is 0.253 e. The molecule has 0 radical (unpaired) electrons. The van der Waals surface area contributed by atoms with Gasteiger partial charge in [0.1, 0.15) is 0 Å². The molecule has 0 aliphatic heterocycles. The molecular weight excluding hydrogens is 244 g/mol. The van der Waals surface area contributed by atoms with Crippen molar-refractivity contribution in [1.29, 1.82) is 0 Å². The summed E-state index contributed by atoms with van der Waals surface area (Å²) in [6, 6.07) is 5.89. The lowest BCUT2D eigenvalue weighted by Crippen LogP contribution is -2.33. The van der Waals surface area contributed by atoms with Crippen LogP contribution in [-0.2, 0) is 0 Å². The zero-order valence-corrected chi connectivity index (χ0v) is 11.7. The minimum atomic E-state index is -0.0389. The molecule has 0 aromatic heterocycles. The Bertz CT molecular complexity index is 447. The SMILES string of the molecule is CSC1CCC(NC(=O)c2cccc(C)c2N)C1. The molecule has 18 heavy (non-hydrogen) atoms. The topological polar surface area (TPSA) is 55.1 Å². The van der Waals surface area contributed by atoms with E-state index in [0.717, 1.165) is 18.4 Å². The van der Waals surface area contributed by atoms with Gasteiger partial charge in [-0.3, -0.25) is 4.79 Å². The molecule has 1 aliphatic rings. The summed E-state index contributed by atoms with van der Waals surface area (Å²) in [5.41, 5.74) is 8.09. The molecule has 0 heterocycles. The summed E-state index contributed by atoms with van der Waals surface area (Å²) >= 11 is 1.89. The van der Waals surface area contributed by atoms with E-state index in [2.05, 4.69) is 11.6 Å². The largest absolute Gasteiger partial charge is 0.398 e. The van der Waals surface area contributed by atoms with Crippen LogP contribution in [0.15, 0.2) is 18.2 Å². The second kappa shape index (κ2) is 5.65. The number of hydrogen-bond acceptors (Lipinski definition) is 3. The van der Waals surface area contributed by atoms with Gasteiger partial charge < -0.3 is 11.1 Å². The second-order valence-corrected chi connectivity index (χ2v) is 6.02. The molecule has 4 heteroatoms. The third-order valence-corrected chi connectivity index (χ3v) is 4.72. The van der Waals surface area contributed by atoms with Gasteiger partial charge in [0.25, 0.3) is 5.91 Å². The minimum absolute atomic E-state index is 0.0389. The molecule has 98 valence electrons. The Morgan fingerprint density at radius 3 is 2.89 bits per heavy atom. The van der Waals surface area contributed by atoms with Crippen molar-refractivity contribution in [1.82, 2.24) is 5.32 Å². The van der Waals surface area contributed by atoms with Crippen molar-refractivity contribution in [2.24, 2.45) is 0 Å². The van der Waals surface area contributed by atoms with Gasteiger partial charge in [0.15, 0.2) is 0 Å². The van der Waals surface area contributed by atoms with E-state index in [1.807, 2.05) is 30.8 Å². The molecule has 1 saturated carbocycles. The van der Waals surface area contributed by atoms with Crippen molar-refractivity contribution in [3.8, 4) is 0 Å². The van der Waals surface area contributed by atoms with E-state index < -0.39 is 0 Å². The number of para-hydroxylation sites is 1. The van der Waals surface area contributed by atoms with Crippen molar-refractivity contribution in [3.05, 3.63) is 29.3 Å². The summed E-state index contributed by atoms with van der Waals surface area (Å²) < 4.78 is 0. The third-order valence-electron chi connectivity index (χ3n) is 3.62. The molecule has 0 spiro atoms. The fourth-order valence-electron chi connectivity index (χ4n) is 2.43. The van der Waals surface area contributed by atoms with Gasteiger partial charge in [-0.1, -0.05) is 12.1 Å². The van der Waals surface area contributed by atoms with Crippen molar-refractivity contribution in [3.63, 3.8) is 0 Å². The average molecular weight is 264 g/mol. The molecule has 2 unspecified atom stereocenters. The lowest BCUT2D eigenvalue weighted by atomic mass is 10.1. The number of benzene rings is 1. The zero-order valence-electron chi connectivity index (χ0n) is 10.9. The quantitative estimate of drug-likeness (QED) is 0.825. The maximum atomic E-state index is 12.2. The predicted octanol–water partition coefficient (Wildman–Crippen LogP) is 2.59. The molecule has 1 aliphatic carbocycles. The minimum Gasteiger partial charge on any atom is -0.398 e. The Hall–Kier alpha value is -1.16. The summed E-state index contributed by atoms with van der Waals surface area (Å²) in [5, 5.41) is 3.78. The molecule has 2 atom stereocenters. The first kappa shape index (κ1) is 13.3. The summed E-state index contributed by atoms with van der Waals surface area (Å²) in [5.74, 6) is -0.0389. The van der Waals surface area contributed by atoms with Gasteiger partial charge in [-0.25, -0.2) is 0 Å². The highest BCUT2D eigenvalue weighted by Crippen LogP contribution is 2.28. The molecule has 1 aromatic rings. The normalized spacial score (nSPS) is 23.0. The van der Waals surface area contributed by atoms with Gasteiger partial charge in [-0.15, -0.1) is 0 Å². The number of aryl methyl sites for hydroxylation is 1. The van der Waals surface area contributed by atoms with Crippen LogP contribution in [0, 0.1) is 6.92 Å². The van der Waals surface area contributed by atoms with E-state index in [1.54, 1.807) is 6.07 Å². The van der Waals surface area contributed by atoms with E-state index >= 15 is 0 Å². The maximum absolute atomic E-state index is 12.2. The van der Waals surface area contributed by atoms with Gasteiger partial charge in [0.2, 0.25) is 0 Å². The lowest BCUT2D eigenvalue weighted by Gasteiger charge is -2.14. The number of thioether (sulfide) groups is 1. The fraction of sp³-hybridized carbons (Fsp3) is 0.500. The molecule has 3 nitrogen and oxygen atoms in total. The van der Waals surface area contributed by atoms with Gasteiger partial charge in [-0.2, -0.15) is 11.8 Å². The lowest BCUT2D eigenvalue weighted by molar-refractivity contribution is 0.0939. The number of carbonyl (C=O) groups is 1. The highest BCUT2D eigenvalue weighted by atomic mass is 32.2. The van der Waals surface area contributed by atoms with Gasteiger partial charge in [0.05, 0.1) is 5.56 Å². The first-order valence-electron chi connectivity index (χ1n) is 6.30. The van der Waals surface area contributed by atoms with Gasteiger partial charge >= 0.3 is 0 Å². The van der Waals surface area contributed by atoms with Crippen LogP contribution in [-0.4, -0.2) is 23.5 Å². The first-order valence-corrected chi connectivity index (χ1v) is 7.59. The van der Waals surface area contributed by atoms with Crippen LogP contribution in [0.2, 0.25) is 0 Å². The van der Waals surface area contributed by atoms with Crippen LogP contribution in [0.4, 0.5) is 5.69 Å². The number of amides is 1. The molecule has 0 bridgehead atoms. The Kier molecular flexibility index (Phi) is 4.17. The Morgan fingerprint density at radius 2 is 2.22 bits per heavy atom. The van der Waals surface area contributed by atoms with E-state index in [-0.39, 0.29) is 5.91 Å². The van der Waals surface area contributed by atoms with Crippen LogP contribution >= 0.6 is 11.8 Å². The van der Waals surface area contributed by atoms with Gasteiger partial charge in [0, 0.05) is 17.0 Å². The molecule has 1 fully saturated rings. The predicted molar refractivity (Wildman–Crippen MR) is 78.0 cm³/mol. The van der Waals surface area contributed by atoms with Crippen molar-refractivity contribution < 1.29 is 4.79 Å². The number of anilines is 1. The van der Waals surface area contributed by atoms with Crippen LogP contribution in [0.3, 0.4) is 0 Å². The molecule has 2 rings (SSSR count). The van der Waals surface area contributed by atoms with Crippen molar-refractivity contribution in [2.75, 3.05) is 12.0 Å². The summed E-state index contributed by atoms with van der Waals surface area (Å²) in [6.45, 7) is 1.92. The highest BCUT2D eigenvalue weighted by Gasteiger charge is 2.25. The van der Waals surface area contributed by atoms with E-state index in [9.17, 15) is 4.79 Å². The standard InChI is InChI=1S/C14H20N2OS/c1-9-4-3-5-12(13(9)15)14(17)16-10-6-7-11(8-10)18-2/h3-5,10-11H,6-8,15H2,1-2H3,(H,16,17). The van der Waals surface area contributed by atoms with Crippen molar-refractivity contribution in [2.45, 2.75) is 37.5 Å². The summed E-state index contributed by atoms with van der Waals surface area (Å²) in [4.78, 5) is 12.2. The summed E-state index contributed by atoms with van der Waals surface area (Å²) in [6.07, 6.45) is 5.46. The van der Waals surface area contributed by atoms with Crippen LogP contribution in [0.25, 0.3) is 0 Å². The van der Waals surface area contributed by atoms with Crippen LogP contribution < -0.4 is 11.1 Å². The fourth-order valence-corrected chi connectivity index (χ4v) is 3.22. The highest BCUT2D eigenvalue weighted by molar-refractivity contribution is 7.99. The van der Waals surface area contributed by atoms with Crippen LogP contribution in [0.5, 0.6) is 0 Å². The van der Waals surface area contributed by atoms with E-state index in [1.165, 1.54) is 6.42 Å². The molecule has 0 saturated heterocycles. The molecular formula is C14H20N2OS.